The minimum atomic E-state index is 0.310. The fourth-order valence-corrected chi connectivity index (χ4v) is 3.86. The van der Waals surface area contributed by atoms with Crippen LogP contribution in [0.4, 0.5) is 5.95 Å². The Bertz CT molecular complexity index is 974. The summed E-state index contributed by atoms with van der Waals surface area (Å²) in [7, 11) is 1.75. The van der Waals surface area contributed by atoms with Crippen LogP contribution in [0.15, 0.2) is 41.2 Å². The Morgan fingerprint density at radius 3 is 2.31 bits per heavy atom. The highest BCUT2D eigenvalue weighted by Crippen LogP contribution is 2.28. The number of allylic oxidation sites excluding steroid dienone is 6. The lowest BCUT2D eigenvalue weighted by molar-refractivity contribution is 0.296. The molecule has 194 valence electrons. The Morgan fingerprint density at radius 2 is 1.86 bits per heavy atom. The molecule has 0 saturated carbocycles. The fraction of sp³-hybridized carbons (Fsp3) is 0.533. The van der Waals surface area contributed by atoms with Gasteiger partial charge in [-0.15, -0.1) is 0 Å². The molecule has 5 heteroatoms. The normalized spacial score (nSPS) is 13.4. The van der Waals surface area contributed by atoms with Crippen LogP contribution in [0.25, 0.3) is 5.57 Å². The van der Waals surface area contributed by atoms with E-state index in [1.165, 1.54) is 30.4 Å². The van der Waals surface area contributed by atoms with Gasteiger partial charge in [-0.2, -0.15) is 0 Å². The molecule has 1 rings (SSSR count). The van der Waals surface area contributed by atoms with Gasteiger partial charge in [0.15, 0.2) is 0 Å². The molecule has 1 unspecified atom stereocenters. The van der Waals surface area contributed by atoms with Crippen molar-refractivity contribution in [1.82, 2.24) is 9.97 Å². The summed E-state index contributed by atoms with van der Waals surface area (Å²) >= 11 is 0. The van der Waals surface area contributed by atoms with Crippen molar-refractivity contribution >= 4 is 11.5 Å². The molecule has 5 nitrogen and oxygen atoms in total. The van der Waals surface area contributed by atoms with Crippen molar-refractivity contribution in [2.75, 3.05) is 19.4 Å². The van der Waals surface area contributed by atoms with E-state index < -0.39 is 0 Å². The number of nitrogens with zero attached hydrogens (tertiary/aromatic N) is 2. The molecule has 1 heterocycles. The maximum Gasteiger partial charge on any atom is 0.220 e. The summed E-state index contributed by atoms with van der Waals surface area (Å²) in [5, 5.41) is 0. The number of hydrogen-bond acceptors (Lipinski definition) is 5. The summed E-state index contributed by atoms with van der Waals surface area (Å²) in [6.45, 7) is 21.1. The zero-order valence-electron chi connectivity index (χ0n) is 23.6. The van der Waals surface area contributed by atoms with E-state index in [1.54, 1.807) is 7.11 Å². The summed E-state index contributed by atoms with van der Waals surface area (Å²) in [4.78, 5) is 8.44. The summed E-state index contributed by atoms with van der Waals surface area (Å²) in [6.07, 6.45) is 9.37. The lowest BCUT2D eigenvalue weighted by Crippen LogP contribution is -2.06. The zero-order valence-corrected chi connectivity index (χ0v) is 23.6. The molecule has 0 aliphatic rings. The first-order valence-electron chi connectivity index (χ1n) is 12.7. The third kappa shape index (κ3) is 10.5. The number of nitrogens with two attached hydrogens (primary N) is 2. The number of aromatic nitrogens is 2. The average molecular weight is 481 g/mol. The minimum absolute atomic E-state index is 0.310. The van der Waals surface area contributed by atoms with Crippen LogP contribution in [-0.2, 0) is 11.2 Å². The molecule has 0 spiro atoms. The molecule has 1 atom stereocenters. The quantitative estimate of drug-likeness (QED) is 0.215. The van der Waals surface area contributed by atoms with Gasteiger partial charge < -0.3 is 16.2 Å². The Kier molecular flexibility index (Phi) is 16.1. The lowest BCUT2D eigenvalue weighted by Gasteiger charge is -2.18. The molecule has 4 N–H and O–H groups in total. The van der Waals surface area contributed by atoms with Crippen LogP contribution in [0.5, 0.6) is 0 Å². The summed E-state index contributed by atoms with van der Waals surface area (Å²) in [6, 6.07) is 0. The highest BCUT2D eigenvalue weighted by atomic mass is 16.5. The molecule has 0 aliphatic carbocycles. The topological polar surface area (TPSA) is 87.0 Å². The maximum absolute atomic E-state index is 5.65. The van der Waals surface area contributed by atoms with Gasteiger partial charge in [-0.25, -0.2) is 9.97 Å². The molecule has 0 bridgehead atoms. The molecule has 0 radical (unpaired) electrons. The third-order valence-electron chi connectivity index (χ3n) is 5.98. The molecule has 1 aromatic rings. The average Bonchev–Trinajstić information content (AvgIpc) is 2.85. The highest BCUT2D eigenvalue weighted by Gasteiger charge is 2.13. The minimum Gasteiger partial charge on any atom is -0.496 e. The zero-order chi connectivity index (χ0) is 27.0. The van der Waals surface area contributed by atoms with Gasteiger partial charge in [-0.1, -0.05) is 76.7 Å². The van der Waals surface area contributed by atoms with Gasteiger partial charge >= 0.3 is 0 Å². The first kappa shape index (κ1) is 32.2. The highest BCUT2D eigenvalue weighted by molar-refractivity contribution is 5.81. The molecule has 35 heavy (non-hydrogen) atoms. The smallest absolute Gasteiger partial charge is 0.220 e. The van der Waals surface area contributed by atoms with E-state index in [1.807, 2.05) is 32.9 Å². The molecule has 0 fully saturated rings. The van der Waals surface area contributed by atoms with Gasteiger partial charge in [-0.3, -0.25) is 0 Å². The van der Waals surface area contributed by atoms with Gasteiger partial charge in [0.1, 0.15) is 5.76 Å². The predicted octanol–water partition coefficient (Wildman–Crippen LogP) is 6.94. The van der Waals surface area contributed by atoms with Gasteiger partial charge in [-0.05, 0) is 64.0 Å². The monoisotopic (exact) mass is 480 g/mol. The Balaban J connectivity index is 0.000000661. The Morgan fingerprint density at radius 1 is 1.20 bits per heavy atom. The second-order valence-corrected chi connectivity index (χ2v) is 8.67. The van der Waals surface area contributed by atoms with Crippen LogP contribution >= 0.6 is 0 Å². The second kappa shape index (κ2) is 17.6. The molecule has 0 aliphatic heterocycles. The molecule has 0 aromatic carbocycles. The molecular weight excluding hydrogens is 432 g/mol. The Hall–Kier alpha value is -2.84. The van der Waals surface area contributed by atoms with Crippen LogP contribution in [0, 0.1) is 24.7 Å². The van der Waals surface area contributed by atoms with Crippen LogP contribution in [0.1, 0.15) is 91.1 Å². The van der Waals surface area contributed by atoms with Crippen molar-refractivity contribution in [2.24, 2.45) is 11.7 Å². The van der Waals surface area contributed by atoms with Crippen molar-refractivity contribution < 1.29 is 4.74 Å². The summed E-state index contributed by atoms with van der Waals surface area (Å²) in [5.41, 5.74) is 18.7. The number of ether oxygens (including phenoxy) is 1. The standard InChI is InChI=1S/C17H30O.C13H18N4/c1-8-11-16(12-13(4)9-2)15(6)17(18-7)14(5)10-3;1-4-10(7-6-8-14)12-9(3)16-13(15)17-11(12)5-2/h10,13H,3,8-9,11-12H2,1-2,4-7H3;4H,5,8,14H2,1-3H3,(H2,15,16,17)/b16-15+,17-14+;10-4-. The third-order valence-corrected chi connectivity index (χ3v) is 5.98. The van der Waals surface area contributed by atoms with E-state index in [4.69, 9.17) is 16.2 Å². The van der Waals surface area contributed by atoms with Crippen LogP contribution in [-0.4, -0.2) is 23.6 Å². The number of hydrogen-bond donors (Lipinski definition) is 2. The van der Waals surface area contributed by atoms with E-state index >= 15 is 0 Å². The van der Waals surface area contributed by atoms with Gasteiger partial charge in [0, 0.05) is 11.1 Å². The van der Waals surface area contributed by atoms with Crippen LogP contribution in [0.3, 0.4) is 0 Å². The van der Waals surface area contributed by atoms with E-state index in [0.29, 0.717) is 12.5 Å². The largest absolute Gasteiger partial charge is 0.496 e. The number of methoxy groups -OCH3 is 1. The van der Waals surface area contributed by atoms with Gasteiger partial charge in [0.2, 0.25) is 5.95 Å². The predicted molar refractivity (Wildman–Crippen MR) is 153 cm³/mol. The molecule has 0 saturated heterocycles. The number of aryl methyl sites for hydroxylation is 2. The van der Waals surface area contributed by atoms with Crippen molar-refractivity contribution in [3.63, 3.8) is 0 Å². The van der Waals surface area contributed by atoms with E-state index in [0.717, 1.165) is 52.6 Å². The van der Waals surface area contributed by atoms with E-state index in [9.17, 15) is 0 Å². The molecule has 1 aromatic heterocycles. The van der Waals surface area contributed by atoms with Crippen LogP contribution in [0.2, 0.25) is 0 Å². The number of rotatable bonds is 10. The van der Waals surface area contributed by atoms with Gasteiger partial charge in [0.25, 0.3) is 0 Å². The van der Waals surface area contributed by atoms with Gasteiger partial charge in [0.05, 0.1) is 25.0 Å². The number of nitrogen functional groups attached to an aromatic ring is 1. The summed E-state index contributed by atoms with van der Waals surface area (Å²) < 4.78 is 5.56. The van der Waals surface area contributed by atoms with E-state index in [2.05, 4.69) is 63.0 Å². The van der Waals surface area contributed by atoms with Crippen molar-refractivity contribution in [2.45, 2.75) is 87.5 Å². The van der Waals surface area contributed by atoms with Crippen LogP contribution < -0.4 is 11.5 Å². The lowest BCUT2D eigenvalue weighted by atomic mass is 9.91. The second-order valence-electron chi connectivity index (χ2n) is 8.67. The molecule has 0 amide bonds. The van der Waals surface area contributed by atoms with Crippen molar-refractivity contribution in [3.05, 3.63) is 58.2 Å². The SMILES string of the molecule is C/C=C(/C#CCN)c1c(C)nc(N)nc1CC.C=C/C(C)=C(OC)\C(C)=C(/CCC)CC(C)CC. The number of anilines is 1. The van der Waals surface area contributed by atoms with E-state index in [-0.39, 0.29) is 0 Å². The maximum atomic E-state index is 5.65. The first-order chi connectivity index (χ1) is 16.6. The molecular formula is C30H48N4O. The summed E-state index contributed by atoms with van der Waals surface area (Å²) in [5.74, 6) is 7.95. The fourth-order valence-electron chi connectivity index (χ4n) is 3.86. The Labute approximate surface area is 214 Å². The van der Waals surface area contributed by atoms with Crippen molar-refractivity contribution in [3.8, 4) is 11.8 Å². The van der Waals surface area contributed by atoms with Crippen molar-refractivity contribution in [1.29, 1.82) is 0 Å². The first-order valence-corrected chi connectivity index (χ1v) is 12.7.